The maximum atomic E-state index is 13.7. The summed E-state index contributed by atoms with van der Waals surface area (Å²) in [4.78, 5) is 30.7. The maximum absolute atomic E-state index is 13.7. The zero-order valence-electron chi connectivity index (χ0n) is 21.5. The molecule has 0 aliphatic carbocycles. The normalized spacial score (nSPS) is 18.9. The molecule has 1 unspecified atom stereocenters. The summed E-state index contributed by atoms with van der Waals surface area (Å²) < 4.78 is 74.7. The molecule has 3 rings (SSSR count). The van der Waals surface area contributed by atoms with E-state index < -0.39 is 56.4 Å². The second kappa shape index (κ2) is 9.46. The molecule has 0 fully saturated rings. The first kappa shape index (κ1) is 28.7. The van der Waals surface area contributed by atoms with E-state index in [0.29, 0.717) is 0 Å². The predicted molar refractivity (Wildman–Crippen MR) is 132 cm³/mol. The topological polar surface area (TPSA) is 88.6 Å². The van der Waals surface area contributed by atoms with Gasteiger partial charge in [0, 0.05) is 11.1 Å². The molecule has 12 heteroatoms. The number of rotatable bonds is 4. The van der Waals surface area contributed by atoms with E-state index in [9.17, 15) is 31.4 Å². The van der Waals surface area contributed by atoms with Crippen LogP contribution in [0.4, 0.5) is 28.0 Å². The summed E-state index contributed by atoms with van der Waals surface area (Å²) in [5.41, 5.74) is -2.99. The number of anilines is 1. The Morgan fingerprint density at radius 2 is 1.65 bits per heavy atom. The lowest BCUT2D eigenvalue weighted by atomic mass is 9.93. The standard InChI is InChI=1S/C25H29F4N3O4S/c1-22(2,3)36-21(34)32-13-24(7,31-37(35)23(4,5)6)16-12-17(20(33)25(27,28)29)30-18(19(16)32)14-8-10-15(26)11-9-14/h8-12,31H,13H2,1-7H3/t24-,37?/m1/s1. The van der Waals surface area contributed by atoms with Crippen LogP contribution in [0.15, 0.2) is 30.3 Å². The second-order valence-corrected chi connectivity index (χ2v) is 12.9. The van der Waals surface area contributed by atoms with Gasteiger partial charge in [0.05, 0.1) is 39.2 Å². The lowest BCUT2D eigenvalue weighted by Crippen LogP contribution is -2.50. The first-order valence-electron chi connectivity index (χ1n) is 11.4. The highest BCUT2D eigenvalue weighted by molar-refractivity contribution is 7.84. The molecule has 1 aromatic carbocycles. The van der Waals surface area contributed by atoms with E-state index in [1.807, 2.05) is 0 Å². The van der Waals surface area contributed by atoms with Crippen LogP contribution in [0.3, 0.4) is 0 Å². The van der Waals surface area contributed by atoms with Crippen molar-refractivity contribution in [3.05, 3.63) is 47.4 Å². The third-order valence-electron chi connectivity index (χ3n) is 5.43. The highest BCUT2D eigenvalue weighted by atomic mass is 32.2. The number of halogens is 4. The number of carbonyl (C=O) groups excluding carboxylic acids is 2. The maximum Gasteiger partial charge on any atom is 0.456 e. The van der Waals surface area contributed by atoms with Gasteiger partial charge in [0.15, 0.2) is 0 Å². The number of ether oxygens (including phenoxy) is 1. The lowest BCUT2D eigenvalue weighted by Gasteiger charge is -2.31. The van der Waals surface area contributed by atoms with Gasteiger partial charge in [0.25, 0.3) is 5.78 Å². The molecule has 1 amide bonds. The van der Waals surface area contributed by atoms with E-state index in [4.69, 9.17) is 4.74 Å². The largest absolute Gasteiger partial charge is 0.456 e. The van der Waals surface area contributed by atoms with E-state index in [0.717, 1.165) is 18.2 Å². The number of alkyl halides is 3. The molecule has 0 spiro atoms. The molecule has 1 aliphatic rings. The van der Waals surface area contributed by atoms with Gasteiger partial charge in [-0.2, -0.15) is 13.2 Å². The Morgan fingerprint density at radius 3 is 2.14 bits per heavy atom. The number of pyridine rings is 1. The monoisotopic (exact) mass is 543 g/mol. The summed E-state index contributed by atoms with van der Waals surface area (Å²) in [6.07, 6.45) is -6.04. The number of fused-ring (bicyclic) bond motifs is 1. The Hall–Kier alpha value is -2.86. The van der Waals surface area contributed by atoms with E-state index >= 15 is 0 Å². The summed E-state index contributed by atoms with van der Waals surface area (Å²) in [6.45, 7) is 11.5. The van der Waals surface area contributed by atoms with Crippen molar-refractivity contribution in [2.45, 2.75) is 70.5 Å². The van der Waals surface area contributed by atoms with Gasteiger partial charge in [0.1, 0.15) is 17.1 Å². The molecule has 7 nitrogen and oxygen atoms in total. The van der Waals surface area contributed by atoms with Gasteiger partial charge in [0.2, 0.25) is 0 Å². The van der Waals surface area contributed by atoms with Crippen LogP contribution < -0.4 is 9.62 Å². The van der Waals surface area contributed by atoms with Crippen molar-refractivity contribution in [1.29, 1.82) is 0 Å². The van der Waals surface area contributed by atoms with Crippen LogP contribution in [0.25, 0.3) is 11.3 Å². The summed E-state index contributed by atoms with van der Waals surface area (Å²) >= 11 is 0. The van der Waals surface area contributed by atoms with Crippen LogP contribution in [0.5, 0.6) is 0 Å². The van der Waals surface area contributed by atoms with Crippen LogP contribution in [0, 0.1) is 5.82 Å². The molecule has 0 saturated carbocycles. The minimum absolute atomic E-state index is 0.0699. The highest BCUT2D eigenvalue weighted by Gasteiger charge is 2.49. The number of aromatic nitrogens is 1. The van der Waals surface area contributed by atoms with Crippen LogP contribution in [0.1, 0.15) is 64.5 Å². The smallest absolute Gasteiger partial charge is 0.443 e. The van der Waals surface area contributed by atoms with Crippen molar-refractivity contribution >= 4 is 28.5 Å². The number of carbonyl (C=O) groups is 2. The van der Waals surface area contributed by atoms with Crippen molar-refractivity contribution in [3.63, 3.8) is 0 Å². The Kier molecular flexibility index (Phi) is 7.34. The molecular weight excluding hydrogens is 514 g/mol. The number of nitrogens with zero attached hydrogens (tertiary/aromatic N) is 2. The van der Waals surface area contributed by atoms with E-state index in [1.54, 1.807) is 48.5 Å². The number of hydrogen-bond donors (Lipinski definition) is 1. The second-order valence-electron chi connectivity index (χ2n) is 11.0. The van der Waals surface area contributed by atoms with Gasteiger partial charge in [-0.1, -0.05) is 0 Å². The van der Waals surface area contributed by atoms with Crippen molar-refractivity contribution in [1.82, 2.24) is 9.71 Å². The van der Waals surface area contributed by atoms with Gasteiger partial charge in [-0.25, -0.2) is 23.1 Å². The molecule has 202 valence electrons. The quantitative estimate of drug-likeness (QED) is 0.398. The molecule has 1 N–H and O–H groups in total. The van der Waals surface area contributed by atoms with E-state index in [-0.39, 0.29) is 29.1 Å². The fourth-order valence-corrected chi connectivity index (χ4v) is 4.59. The first-order valence-corrected chi connectivity index (χ1v) is 12.5. The number of benzene rings is 1. The lowest BCUT2D eigenvalue weighted by molar-refractivity contribution is -0.0888. The molecule has 1 aromatic heterocycles. The number of nitrogens with one attached hydrogen (secondary N) is 1. The Morgan fingerprint density at radius 1 is 1.08 bits per heavy atom. The van der Waals surface area contributed by atoms with E-state index in [1.165, 1.54) is 17.0 Å². The molecule has 2 heterocycles. The fraction of sp³-hybridized carbons (Fsp3) is 0.480. The Labute approximate surface area is 215 Å². The third-order valence-corrected chi connectivity index (χ3v) is 7.18. The average molecular weight is 544 g/mol. The fourth-order valence-electron chi connectivity index (χ4n) is 3.70. The zero-order valence-corrected chi connectivity index (χ0v) is 22.4. The van der Waals surface area contributed by atoms with E-state index in [2.05, 4.69) is 9.71 Å². The minimum atomic E-state index is -5.22. The Bertz CT molecular complexity index is 1250. The van der Waals surface area contributed by atoms with Gasteiger partial charge >= 0.3 is 12.3 Å². The number of Topliss-reactive ketones (excluding diaryl/α,β-unsaturated/α-hetero) is 1. The summed E-state index contributed by atoms with van der Waals surface area (Å²) in [6, 6.07) is 5.68. The molecule has 37 heavy (non-hydrogen) atoms. The minimum Gasteiger partial charge on any atom is -0.443 e. The first-order chi connectivity index (χ1) is 16.7. The van der Waals surface area contributed by atoms with Crippen LogP contribution >= 0.6 is 0 Å². The van der Waals surface area contributed by atoms with Crippen LogP contribution in [-0.4, -0.2) is 44.1 Å². The van der Waals surface area contributed by atoms with Crippen molar-refractivity contribution in [2.24, 2.45) is 0 Å². The summed E-state index contributed by atoms with van der Waals surface area (Å²) in [7, 11) is -1.72. The average Bonchev–Trinajstić information content (AvgIpc) is 3.03. The zero-order chi connectivity index (χ0) is 28.1. The molecule has 0 radical (unpaired) electrons. The third kappa shape index (κ3) is 6.18. The van der Waals surface area contributed by atoms with Crippen LogP contribution in [-0.2, 0) is 21.3 Å². The van der Waals surface area contributed by atoms with Gasteiger partial charge in [-0.3, -0.25) is 9.69 Å². The molecular formula is C25H29F4N3O4S. The van der Waals surface area contributed by atoms with Crippen LogP contribution in [0.2, 0.25) is 0 Å². The SMILES string of the molecule is CC(C)(C)OC(=O)N1C[C@@](C)(NS(=O)C(C)(C)C)c2cc(C(=O)C(F)(F)F)nc(-c3ccc(F)cc3)c21. The van der Waals surface area contributed by atoms with Crippen molar-refractivity contribution in [2.75, 3.05) is 11.4 Å². The number of hydrogen-bond acceptors (Lipinski definition) is 5. The van der Waals surface area contributed by atoms with Gasteiger partial charge in [-0.05, 0) is 78.8 Å². The molecule has 1 aliphatic heterocycles. The summed E-state index contributed by atoms with van der Waals surface area (Å²) in [5.74, 6) is -2.78. The van der Waals surface area contributed by atoms with Crippen molar-refractivity contribution < 1.29 is 36.1 Å². The predicted octanol–water partition coefficient (Wildman–Crippen LogP) is 5.65. The van der Waals surface area contributed by atoms with Crippen molar-refractivity contribution in [3.8, 4) is 11.3 Å². The molecule has 0 saturated heterocycles. The number of ketones is 1. The van der Waals surface area contributed by atoms with Gasteiger partial charge in [-0.15, -0.1) is 0 Å². The molecule has 0 bridgehead atoms. The Balaban J connectivity index is 2.34. The van der Waals surface area contributed by atoms with Gasteiger partial charge < -0.3 is 4.74 Å². The summed E-state index contributed by atoms with van der Waals surface area (Å²) in [5, 5.41) is 0. The number of amides is 1. The highest BCUT2D eigenvalue weighted by Crippen LogP contribution is 2.46. The molecule has 2 aromatic rings. The molecule has 2 atom stereocenters.